The summed E-state index contributed by atoms with van der Waals surface area (Å²) in [4.78, 5) is 19.9. The number of aromatic nitrogens is 2. The topological polar surface area (TPSA) is 56.0 Å². The quantitative estimate of drug-likeness (QED) is 0.179. The molecule has 0 saturated heterocycles. The molecule has 2 heterocycles. The van der Waals surface area contributed by atoms with Gasteiger partial charge >= 0.3 is 5.63 Å². The maximum Gasteiger partial charge on any atom is 0.337 e. The third-order valence-corrected chi connectivity index (χ3v) is 8.44. The van der Waals surface area contributed by atoms with E-state index in [-0.39, 0.29) is 5.63 Å². The summed E-state index contributed by atoms with van der Waals surface area (Å²) in [6.45, 7) is 3.90. The molecule has 0 amide bonds. The van der Waals surface area contributed by atoms with Crippen LogP contribution in [0.3, 0.4) is 0 Å². The van der Waals surface area contributed by atoms with E-state index in [1.807, 2.05) is 20.1 Å². The summed E-state index contributed by atoms with van der Waals surface area (Å²) < 4.78 is 5.11. The highest BCUT2D eigenvalue weighted by Crippen LogP contribution is 2.32. The molecule has 0 aliphatic heterocycles. The molecule has 2 aromatic heterocycles. The van der Waals surface area contributed by atoms with Crippen LogP contribution in [0.5, 0.6) is 0 Å². The maximum absolute atomic E-state index is 11.3. The number of aryl methyl sites for hydroxylation is 2. The van der Waals surface area contributed by atoms with Crippen LogP contribution in [0.2, 0.25) is 0 Å². The van der Waals surface area contributed by atoms with Gasteiger partial charge in [-0.2, -0.15) is 4.98 Å². The molecule has 35 heavy (non-hydrogen) atoms. The summed E-state index contributed by atoms with van der Waals surface area (Å²) in [7, 11) is -0.446. The fraction of sp³-hybridized carbons (Fsp3) is 0.138. The Balaban J connectivity index is 0.000000168. The van der Waals surface area contributed by atoms with Crippen LogP contribution in [0.1, 0.15) is 18.2 Å². The average Bonchev–Trinajstić information content (AvgIpc) is 2.90. The molecule has 4 nitrogen and oxygen atoms in total. The lowest BCUT2D eigenvalue weighted by Crippen LogP contribution is -2.20. The molecular formula is C29H27N2O2PS. The predicted octanol–water partition coefficient (Wildman–Crippen LogP) is 5.62. The number of hydrogen-bond donors (Lipinski definition) is 0. The van der Waals surface area contributed by atoms with Crippen LogP contribution in [0.4, 0.5) is 0 Å². The summed E-state index contributed by atoms with van der Waals surface area (Å²) in [5, 5.41) is 5.68. The number of fused-ring (bicyclic) bond motifs is 1. The predicted molar refractivity (Wildman–Crippen MR) is 149 cm³/mol. The van der Waals surface area contributed by atoms with E-state index >= 15 is 0 Å². The van der Waals surface area contributed by atoms with Crippen molar-refractivity contribution < 1.29 is 4.42 Å². The van der Waals surface area contributed by atoms with Crippen molar-refractivity contribution in [1.29, 1.82) is 0 Å². The lowest BCUT2D eigenvalue weighted by Gasteiger charge is -2.18. The molecule has 0 atom stereocenters. The third-order valence-electron chi connectivity index (χ3n) is 5.45. The first kappa shape index (κ1) is 24.8. The first-order chi connectivity index (χ1) is 17.1. The molecule has 176 valence electrons. The van der Waals surface area contributed by atoms with Gasteiger partial charge in [-0.25, -0.2) is 9.78 Å². The van der Waals surface area contributed by atoms with Crippen LogP contribution >= 0.6 is 19.7 Å². The first-order valence-corrected chi connectivity index (χ1v) is 14.0. The normalized spacial score (nSPS) is 10.7. The second-order valence-corrected chi connectivity index (χ2v) is 10.8. The van der Waals surface area contributed by atoms with Crippen LogP contribution in [0.15, 0.2) is 111 Å². The average molecular weight is 499 g/mol. The standard InChI is InChI=1S/C18H15P.C11H12N2O2S/c1-4-10-16(11-5-1)19(17-12-6-2-7-13-17)18-14-8-3-9-15-18;1-4-7-5-8(14)15-10-9(7)6(2)12-11(13-10)16-3/h1-15H;5H,4H2,1-3H3. The number of hydrogen-bond acceptors (Lipinski definition) is 5. The van der Waals surface area contributed by atoms with E-state index in [2.05, 4.69) is 101 Å². The van der Waals surface area contributed by atoms with Gasteiger partial charge in [0.25, 0.3) is 0 Å². The molecule has 3 aromatic carbocycles. The molecule has 0 fully saturated rings. The Bertz CT molecular complexity index is 1350. The molecule has 0 spiro atoms. The minimum Gasteiger partial charge on any atom is -0.403 e. The van der Waals surface area contributed by atoms with Gasteiger partial charge in [0.2, 0.25) is 5.71 Å². The Morgan fingerprint density at radius 3 is 1.71 bits per heavy atom. The number of nitrogens with zero attached hydrogens (tertiary/aromatic N) is 2. The summed E-state index contributed by atoms with van der Waals surface area (Å²) in [5.41, 5.74) is 1.84. The van der Waals surface area contributed by atoms with Crippen molar-refractivity contribution in [2.24, 2.45) is 0 Å². The van der Waals surface area contributed by atoms with Gasteiger partial charge in [0.05, 0.1) is 11.1 Å². The largest absolute Gasteiger partial charge is 0.403 e. The van der Waals surface area contributed by atoms with E-state index in [1.54, 1.807) is 0 Å². The van der Waals surface area contributed by atoms with Crippen LogP contribution < -0.4 is 21.5 Å². The highest BCUT2D eigenvalue weighted by molar-refractivity contribution is 7.98. The Labute approximate surface area is 211 Å². The van der Waals surface area contributed by atoms with Gasteiger partial charge < -0.3 is 4.42 Å². The minimum atomic E-state index is -0.446. The summed E-state index contributed by atoms with van der Waals surface area (Å²) in [5.74, 6) is 0. The fourth-order valence-corrected chi connectivity index (χ4v) is 6.56. The third kappa shape index (κ3) is 6.05. The van der Waals surface area contributed by atoms with Crippen LogP contribution in [0.25, 0.3) is 11.1 Å². The number of rotatable bonds is 5. The zero-order valence-corrected chi connectivity index (χ0v) is 21.7. The van der Waals surface area contributed by atoms with E-state index in [1.165, 1.54) is 33.7 Å². The molecular weight excluding hydrogens is 471 g/mol. The monoisotopic (exact) mass is 498 g/mol. The van der Waals surface area contributed by atoms with Gasteiger partial charge in [-0.05, 0) is 49.0 Å². The highest BCUT2D eigenvalue weighted by Gasteiger charge is 2.15. The molecule has 5 aromatic rings. The van der Waals surface area contributed by atoms with Crippen molar-refractivity contribution >= 4 is 46.7 Å². The van der Waals surface area contributed by atoms with Crippen molar-refractivity contribution in [3.8, 4) is 0 Å². The Kier molecular flexibility index (Phi) is 8.46. The minimum absolute atomic E-state index is 0.352. The van der Waals surface area contributed by atoms with Crippen molar-refractivity contribution in [2.45, 2.75) is 25.4 Å². The van der Waals surface area contributed by atoms with E-state index < -0.39 is 7.92 Å². The maximum atomic E-state index is 11.3. The van der Waals surface area contributed by atoms with Gasteiger partial charge in [-0.15, -0.1) is 0 Å². The van der Waals surface area contributed by atoms with Crippen molar-refractivity contribution in [3.63, 3.8) is 0 Å². The number of thioether (sulfide) groups is 1. The van der Waals surface area contributed by atoms with Crippen LogP contribution in [-0.4, -0.2) is 16.2 Å². The molecule has 0 saturated carbocycles. The van der Waals surface area contributed by atoms with Gasteiger partial charge in [0.1, 0.15) is 0 Å². The van der Waals surface area contributed by atoms with E-state index in [4.69, 9.17) is 4.42 Å². The van der Waals surface area contributed by atoms with Crippen molar-refractivity contribution in [1.82, 2.24) is 9.97 Å². The Morgan fingerprint density at radius 2 is 1.29 bits per heavy atom. The second kappa shape index (κ2) is 11.9. The van der Waals surface area contributed by atoms with E-state index in [0.717, 1.165) is 23.1 Å². The molecule has 0 unspecified atom stereocenters. The summed E-state index contributed by atoms with van der Waals surface area (Å²) in [6, 6.07) is 33.8. The van der Waals surface area contributed by atoms with Gasteiger partial charge in [-0.3, -0.25) is 0 Å². The molecule has 0 N–H and O–H groups in total. The van der Waals surface area contributed by atoms with Crippen molar-refractivity contribution in [3.05, 3.63) is 119 Å². The Hall–Kier alpha value is -3.27. The fourth-order valence-electron chi connectivity index (χ4n) is 3.85. The lowest BCUT2D eigenvalue weighted by molar-refractivity contribution is 0.541. The SMILES string of the molecule is CCc1cc(=O)oc2nc(SC)nc(C)c12.c1ccc(P(c2ccccc2)c2ccccc2)cc1. The zero-order chi connectivity index (χ0) is 24.6. The van der Waals surface area contributed by atoms with Gasteiger partial charge in [-0.1, -0.05) is 110 Å². The highest BCUT2D eigenvalue weighted by atomic mass is 32.2. The van der Waals surface area contributed by atoms with Gasteiger partial charge in [0, 0.05) is 6.07 Å². The lowest BCUT2D eigenvalue weighted by atomic mass is 10.1. The van der Waals surface area contributed by atoms with Crippen LogP contribution in [0, 0.1) is 6.92 Å². The zero-order valence-electron chi connectivity index (χ0n) is 20.0. The molecule has 0 radical (unpaired) electrons. The second-order valence-electron chi connectivity index (χ2n) is 7.76. The van der Waals surface area contributed by atoms with E-state index in [9.17, 15) is 4.79 Å². The molecule has 0 aliphatic rings. The van der Waals surface area contributed by atoms with Crippen molar-refractivity contribution in [2.75, 3.05) is 6.26 Å². The molecule has 6 heteroatoms. The molecule has 0 bridgehead atoms. The summed E-state index contributed by atoms with van der Waals surface area (Å²) in [6.07, 6.45) is 2.66. The number of benzene rings is 3. The smallest absolute Gasteiger partial charge is 0.337 e. The summed E-state index contributed by atoms with van der Waals surface area (Å²) >= 11 is 1.43. The molecule has 5 rings (SSSR count). The first-order valence-electron chi connectivity index (χ1n) is 11.4. The van der Waals surface area contributed by atoms with Gasteiger partial charge in [0.15, 0.2) is 5.16 Å². The van der Waals surface area contributed by atoms with E-state index in [0.29, 0.717) is 10.9 Å². The molecule has 0 aliphatic carbocycles. The van der Waals surface area contributed by atoms with Crippen LogP contribution in [-0.2, 0) is 6.42 Å². The Morgan fingerprint density at radius 1 is 0.800 bits per heavy atom.